The second kappa shape index (κ2) is 5.11. The molecule has 86 valence electrons. The Morgan fingerprint density at radius 2 is 2.12 bits per heavy atom. The summed E-state index contributed by atoms with van der Waals surface area (Å²) in [6, 6.07) is 3.85. The Morgan fingerprint density at radius 1 is 1.44 bits per heavy atom. The molecule has 0 saturated heterocycles. The third kappa shape index (κ3) is 3.56. The third-order valence-corrected chi connectivity index (χ3v) is 1.76. The predicted octanol–water partition coefficient (Wildman–Crippen LogP) is 0.482. The average Bonchev–Trinajstić information content (AvgIpc) is 2.20. The molecule has 0 spiro atoms. The highest BCUT2D eigenvalue weighted by Gasteiger charge is 2.07. The number of hydrogen-bond acceptors (Lipinski definition) is 3. The number of amides is 2. The molecule has 4 N–H and O–H groups in total. The van der Waals surface area contributed by atoms with Gasteiger partial charge in [-0.3, -0.25) is 9.59 Å². The molecule has 5 nitrogen and oxygen atoms in total. The largest absolute Gasteiger partial charge is 0.399 e. The van der Waals surface area contributed by atoms with Crippen molar-refractivity contribution < 1.29 is 14.0 Å². The van der Waals surface area contributed by atoms with Crippen molar-refractivity contribution in [3.05, 3.63) is 24.0 Å². The smallest absolute Gasteiger partial charge is 0.243 e. The van der Waals surface area contributed by atoms with Crippen molar-refractivity contribution in [2.45, 2.75) is 6.92 Å². The fourth-order valence-electron chi connectivity index (χ4n) is 1.04. The molecule has 0 heterocycles. The molecular formula is C10H12FN3O2. The lowest BCUT2D eigenvalue weighted by Crippen LogP contribution is -2.31. The Bertz CT molecular complexity index is 421. The first-order valence-corrected chi connectivity index (χ1v) is 4.58. The topological polar surface area (TPSA) is 84.2 Å². The molecule has 16 heavy (non-hydrogen) atoms. The minimum atomic E-state index is -0.578. The van der Waals surface area contributed by atoms with Crippen LogP contribution in [0.2, 0.25) is 0 Å². The van der Waals surface area contributed by atoms with E-state index >= 15 is 0 Å². The quantitative estimate of drug-likeness (QED) is 0.654. The summed E-state index contributed by atoms with van der Waals surface area (Å²) in [5.41, 5.74) is 5.78. The van der Waals surface area contributed by atoms with Gasteiger partial charge < -0.3 is 16.4 Å². The molecule has 0 bridgehead atoms. The summed E-state index contributed by atoms with van der Waals surface area (Å²) in [4.78, 5) is 21.8. The van der Waals surface area contributed by atoms with Gasteiger partial charge in [-0.2, -0.15) is 0 Å². The van der Waals surface area contributed by atoms with Crippen molar-refractivity contribution in [3.8, 4) is 0 Å². The summed E-state index contributed by atoms with van der Waals surface area (Å²) in [6.45, 7) is 1.08. The SMILES string of the molecule is CC(=O)NCC(=O)Nc1cc(N)ccc1F. The summed E-state index contributed by atoms with van der Waals surface area (Å²) in [7, 11) is 0. The van der Waals surface area contributed by atoms with Gasteiger partial charge in [0.2, 0.25) is 11.8 Å². The summed E-state index contributed by atoms with van der Waals surface area (Å²) in [6.07, 6.45) is 0. The molecule has 0 aliphatic rings. The van der Waals surface area contributed by atoms with Gasteiger partial charge in [0.1, 0.15) is 5.82 Å². The van der Waals surface area contributed by atoms with E-state index in [1.807, 2.05) is 0 Å². The molecule has 0 aliphatic heterocycles. The molecule has 0 unspecified atom stereocenters. The maximum Gasteiger partial charge on any atom is 0.243 e. The normalized spacial score (nSPS) is 9.62. The molecule has 0 radical (unpaired) electrons. The number of benzene rings is 1. The zero-order chi connectivity index (χ0) is 12.1. The maximum absolute atomic E-state index is 13.2. The van der Waals surface area contributed by atoms with Gasteiger partial charge in [-0.05, 0) is 18.2 Å². The molecule has 0 atom stereocenters. The molecular weight excluding hydrogens is 213 g/mol. The fraction of sp³-hybridized carbons (Fsp3) is 0.200. The Labute approximate surface area is 91.8 Å². The first-order valence-electron chi connectivity index (χ1n) is 4.58. The second-order valence-corrected chi connectivity index (χ2v) is 3.20. The number of nitrogens with one attached hydrogen (secondary N) is 2. The van der Waals surface area contributed by atoms with Gasteiger partial charge in [0, 0.05) is 12.6 Å². The molecule has 0 aromatic heterocycles. The van der Waals surface area contributed by atoms with E-state index in [4.69, 9.17) is 5.73 Å². The summed E-state index contributed by atoms with van der Waals surface area (Å²) < 4.78 is 13.2. The Kier molecular flexibility index (Phi) is 3.82. The molecule has 2 amide bonds. The zero-order valence-corrected chi connectivity index (χ0v) is 8.71. The summed E-state index contributed by atoms with van der Waals surface area (Å²) >= 11 is 0. The number of anilines is 2. The molecule has 0 fully saturated rings. The van der Waals surface area contributed by atoms with E-state index in [1.165, 1.54) is 19.1 Å². The van der Waals surface area contributed by atoms with Crippen LogP contribution in [0.1, 0.15) is 6.92 Å². The number of nitrogen functional groups attached to an aromatic ring is 1. The van der Waals surface area contributed by atoms with Crippen molar-refractivity contribution in [1.29, 1.82) is 0 Å². The van der Waals surface area contributed by atoms with Crippen molar-refractivity contribution >= 4 is 23.2 Å². The van der Waals surface area contributed by atoms with Gasteiger partial charge in [-0.25, -0.2) is 4.39 Å². The van der Waals surface area contributed by atoms with Gasteiger partial charge in [0.25, 0.3) is 0 Å². The van der Waals surface area contributed by atoms with Crippen LogP contribution in [-0.4, -0.2) is 18.4 Å². The molecule has 1 rings (SSSR count). The molecule has 0 aliphatic carbocycles. The van der Waals surface area contributed by atoms with Crippen LogP contribution in [0.5, 0.6) is 0 Å². The van der Waals surface area contributed by atoms with Crippen molar-refractivity contribution in [2.24, 2.45) is 0 Å². The van der Waals surface area contributed by atoms with E-state index in [9.17, 15) is 14.0 Å². The van der Waals surface area contributed by atoms with Gasteiger partial charge in [-0.15, -0.1) is 0 Å². The van der Waals surface area contributed by atoms with Gasteiger partial charge in [0.15, 0.2) is 0 Å². The minimum Gasteiger partial charge on any atom is -0.399 e. The van der Waals surface area contributed by atoms with E-state index in [0.29, 0.717) is 5.69 Å². The number of carbonyl (C=O) groups excluding carboxylic acids is 2. The number of halogens is 1. The number of hydrogen-bond donors (Lipinski definition) is 3. The Morgan fingerprint density at radius 3 is 2.75 bits per heavy atom. The Balaban J connectivity index is 2.62. The zero-order valence-electron chi connectivity index (χ0n) is 8.71. The van der Waals surface area contributed by atoms with Crippen LogP contribution < -0.4 is 16.4 Å². The van der Waals surface area contributed by atoms with Crippen molar-refractivity contribution in [3.63, 3.8) is 0 Å². The Hall–Kier alpha value is -2.11. The lowest BCUT2D eigenvalue weighted by Gasteiger charge is -2.07. The van der Waals surface area contributed by atoms with Gasteiger partial charge in [-0.1, -0.05) is 0 Å². The molecule has 1 aromatic rings. The van der Waals surface area contributed by atoms with Crippen LogP contribution in [-0.2, 0) is 9.59 Å². The lowest BCUT2D eigenvalue weighted by atomic mass is 10.2. The molecule has 1 aromatic carbocycles. The van der Waals surface area contributed by atoms with Gasteiger partial charge in [0.05, 0.1) is 12.2 Å². The van der Waals surface area contributed by atoms with Crippen LogP contribution in [0.4, 0.5) is 15.8 Å². The summed E-state index contributed by atoms with van der Waals surface area (Å²) in [5, 5.41) is 4.59. The standard InChI is InChI=1S/C10H12FN3O2/c1-6(15)13-5-10(16)14-9-4-7(12)2-3-8(9)11/h2-4H,5,12H2,1H3,(H,13,15)(H,14,16). The lowest BCUT2D eigenvalue weighted by molar-refractivity contribution is -0.122. The number of carbonyl (C=O) groups is 2. The highest BCUT2D eigenvalue weighted by atomic mass is 19.1. The van der Waals surface area contributed by atoms with Crippen LogP contribution in [0.15, 0.2) is 18.2 Å². The minimum absolute atomic E-state index is 0.00430. The fourth-order valence-corrected chi connectivity index (χ4v) is 1.04. The summed E-state index contributed by atoms with van der Waals surface area (Å²) in [5.74, 6) is -1.42. The van der Waals surface area contributed by atoms with Crippen LogP contribution in [0, 0.1) is 5.82 Å². The van der Waals surface area contributed by atoms with E-state index < -0.39 is 11.7 Å². The molecule has 0 saturated carbocycles. The van der Waals surface area contributed by atoms with E-state index in [-0.39, 0.29) is 18.1 Å². The van der Waals surface area contributed by atoms with Crippen molar-refractivity contribution in [1.82, 2.24) is 5.32 Å². The second-order valence-electron chi connectivity index (χ2n) is 3.20. The highest BCUT2D eigenvalue weighted by molar-refractivity contribution is 5.94. The monoisotopic (exact) mass is 225 g/mol. The first-order chi connectivity index (χ1) is 7.49. The van der Waals surface area contributed by atoms with Crippen molar-refractivity contribution in [2.75, 3.05) is 17.6 Å². The third-order valence-electron chi connectivity index (χ3n) is 1.76. The first kappa shape index (κ1) is 12.0. The average molecular weight is 225 g/mol. The van der Waals surface area contributed by atoms with Gasteiger partial charge >= 0.3 is 0 Å². The highest BCUT2D eigenvalue weighted by Crippen LogP contribution is 2.16. The van der Waals surface area contributed by atoms with E-state index in [2.05, 4.69) is 10.6 Å². The number of nitrogens with two attached hydrogens (primary N) is 1. The number of rotatable bonds is 3. The van der Waals surface area contributed by atoms with Crippen LogP contribution in [0.25, 0.3) is 0 Å². The van der Waals surface area contributed by atoms with E-state index in [0.717, 1.165) is 6.07 Å². The van der Waals surface area contributed by atoms with Crippen LogP contribution >= 0.6 is 0 Å². The van der Waals surface area contributed by atoms with E-state index in [1.54, 1.807) is 0 Å². The predicted molar refractivity (Wildman–Crippen MR) is 58.1 cm³/mol. The maximum atomic E-state index is 13.2. The molecule has 6 heteroatoms. The van der Waals surface area contributed by atoms with Crippen LogP contribution in [0.3, 0.4) is 0 Å².